The summed E-state index contributed by atoms with van der Waals surface area (Å²) < 4.78 is 46.0. The summed E-state index contributed by atoms with van der Waals surface area (Å²) in [4.78, 5) is 10.9. The number of ketones is 1. The molecule has 18 heavy (non-hydrogen) atoms. The molecule has 1 aromatic rings. The van der Waals surface area contributed by atoms with Crippen molar-refractivity contribution in [1.82, 2.24) is 0 Å². The highest BCUT2D eigenvalue weighted by Crippen LogP contribution is 2.21. The maximum atomic E-state index is 11.6. The Bertz CT molecular complexity index is 684. The molecule has 1 aromatic carbocycles. The molecule has 0 unspecified atom stereocenters. The van der Waals surface area contributed by atoms with Gasteiger partial charge in [-0.15, -0.1) is 0 Å². The Balaban J connectivity index is 3.54. The molecule has 0 saturated carbocycles. The number of hydrogen-bond donors (Lipinski definition) is 0. The maximum Gasteiger partial charge on any atom is 0.175 e. The lowest BCUT2D eigenvalue weighted by atomic mass is 10.1. The molecular weight excluding hydrogens is 276 g/mol. The molecule has 0 aliphatic rings. The molecule has 0 fully saturated rings. The quantitative estimate of drug-likeness (QED) is 0.811. The average Bonchev–Trinajstić information content (AvgIpc) is 2.13. The van der Waals surface area contributed by atoms with Crippen LogP contribution in [-0.4, -0.2) is 35.1 Å². The monoisotopic (exact) mass is 290 g/mol. The molecule has 100 valence electrons. The van der Waals surface area contributed by atoms with Crippen LogP contribution in [0.5, 0.6) is 0 Å². The lowest BCUT2D eigenvalue weighted by molar-refractivity contribution is -0.116. The van der Waals surface area contributed by atoms with Crippen LogP contribution in [0.2, 0.25) is 0 Å². The molecule has 0 saturated heterocycles. The number of sulfone groups is 2. The third kappa shape index (κ3) is 3.64. The van der Waals surface area contributed by atoms with Crippen LogP contribution < -0.4 is 0 Å². The van der Waals surface area contributed by atoms with Gasteiger partial charge in [-0.1, -0.05) is 6.07 Å². The van der Waals surface area contributed by atoms with E-state index in [4.69, 9.17) is 0 Å². The summed E-state index contributed by atoms with van der Waals surface area (Å²) in [7, 11) is -7.06. The van der Waals surface area contributed by atoms with Crippen molar-refractivity contribution in [1.29, 1.82) is 0 Å². The van der Waals surface area contributed by atoms with E-state index in [1.165, 1.54) is 19.1 Å². The minimum Gasteiger partial charge on any atom is -0.300 e. The zero-order chi connectivity index (χ0) is 14.1. The van der Waals surface area contributed by atoms with Crippen molar-refractivity contribution in [2.24, 2.45) is 0 Å². The van der Waals surface area contributed by atoms with E-state index in [0.717, 1.165) is 18.6 Å². The molecule has 0 aliphatic heterocycles. The lowest BCUT2D eigenvalue weighted by Gasteiger charge is -2.08. The van der Waals surface area contributed by atoms with E-state index < -0.39 is 19.7 Å². The Morgan fingerprint density at radius 2 is 1.61 bits per heavy atom. The summed E-state index contributed by atoms with van der Waals surface area (Å²) in [5.74, 6) is -0.188. The molecule has 0 atom stereocenters. The highest BCUT2D eigenvalue weighted by atomic mass is 32.2. The summed E-state index contributed by atoms with van der Waals surface area (Å²) in [5.41, 5.74) is 0.317. The number of benzene rings is 1. The molecule has 0 aliphatic carbocycles. The number of carbonyl (C=O) groups is 1. The first-order valence-corrected chi connectivity index (χ1v) is 8.82. The van der Waals surface area contributed by atoms with E-state index in [0.29, 0.717) is 5.56 Å². The Labute approximate surface area is 107 Å². The number of carbonyl (C=O) groups excluding carboxylic acids is 1. The number of rotatable bonds is 4. The van der Waals surface area contributed by atoms with Gasteiger partial charge >= 0.3 is 0 Å². The van der Waals surface area contributed by atoms with Crippen molar-refractivity contribution in [3.05, 3.63) is 23.8 Å². The van der Waals surface area contributed by atoms with Crippen LogP contribution in [0, 0.1) is 0 Å². The molecule has 0 aromatic heterocycles. The molecule has 0 N–H and O–H groups in total. The molecule has 0 amide bonds. The second-order valence-corrected chi connectivity index (χ2v) is 8.19. The number of Topliss-reactive ketones (excluding diaryl/α,β-unsaturated/α-hetero) is 1. The van der Waals surface area contributed by atoms with E-state index >= 15 is 0 Å². The van der Waals surface area contributed by atoms with Crippen LogP contribution in [0.25, 0.3) is 0 Å². The Morgan fingerprint density at radius 3 is 2.00 bits per heavy atom. The fraction of sp³-hybridized carbons (Fsp3) is 0.364. The third-order valence-electron chi connectivity index (χ3n) is 2.31. The lowest BCUT2D eigenvalue weighted by Crippen LogP contribution is -2.08. The zero-order valence-corrected chi connectivity index (χ0v) is 11.9. The summed E-state index contributed by atoms with van der Waals surface area (Å²) in [6.07, 6.45) is 1.95. The summed E-state index contributed by atoms with van der Waals surface area (Å²) in [5, 5.41) is 0. The minimum atomic E-state index is -3.58. The van der Waals surface area contributed by atoms with Crippen molar-refractivity contribution in [2.45, 2.75) is 23.1 Å². The Hall–Kier alpha value is -1.21. The summed E-state index contributed by atoms with van der Waals surface area (Å²) in [6.45, 7) is 1.34. The fourth-order valence-corrected chi connectivity index (χ4v) is 3.20. The highest BCUT2D eigenvalue weighted by molar-refractivity contribution is 7.91. The molecule has 0 heterocycles. The standard InChI is InChI=1S/C11H14O5S2/c1-8(12)6-9-4-5-10(17(2,13)14)7-11(9)18(3,15)16/h4-5,7H,6H2,1-3H3. The van der Waals surface area contributed by atoms with Crippen molar-refractivity contribution >= 4 is 25.5 Å². The van der Waals surface area contributed by atoms with Crippen LogP contribution in [-0.2, 0) is 30.9 Å². The smallest absolute Gasteiger partial charge is 0.175 e. The molecule has 0 bridgehead atoms. The topological polar surface area (TPSA) is 85.3 Å². The van der Waals surface area contributed by atoms with Gasteiger partial charge in [0.2, 0.25) is 0 Å². The highest BCUT2D eigenvalue weighted by Gasteiger charge is 2.18. The van der Waals surface area contributed by atoms with Crippen LogP contribution in [0.4, 0.5) is 0 Å². The van der Waals surface area contributed by atoms with E-state index in [2.05, 4.69) is 0 Å². The molecule has 5 nitrogen and oxygen atoms in total. The van der Waals surface area contributed by atoms with E-state index in [-0.39, 0.29) is 22.0 Å². The number of hydrogen-bond acceptors (Lipinski definition) is 5. The van der Waals surface area contributed by atoms with Gasteiger partial charge in [0.25, 0.3) is 0 Å². The second-order valence-electron chi connectivity index (χ2n) is 4.19. The normalized spacial score (nSPS) is 12.4. The van der Waals surface area contributed by atoms with Crippen molar-refractivity contribution < 1.29 is 21.6 Å². The molecule has 7 heteroatoms. The average molecular weight is 290 g/mol. The van der Waals surface area contributed by atoms with Crippen LogP contribution >= 0.6 is 0 Å². The molecule has 0 spiro atoms. The van der Waals surface area contributed by atoms with Crippen LogP contribution in [0.15, 0.2) is 28.0 Å². The van der Waals surface area contributed by atoms with Crippen LogP contribution in [0.3, 0.4) is 0 Å². The van der Waals surface area contributed by atoms with Gasteiger partial charge in [-0.3, -0.25) is 4.79 Å². The van der Waals surface area contributed by atoms with Gasteiger partial charge in [-0.05, 0) is 24.6 Å². The predicted octanol–water partition coefficient (Wildman–Crippen LogP) is 0.625. The summed E-state index contributed by atoms with van der Waals surface area (Å²) >= 11 is 0. The van der Waals surface area contributed by atoms with Gasteiger partial charge in [0.05, 0.1) is 9.79 Å². The van der Waals surface area contributed by atoms with Gasteiger partial charge in [0, 0.05) is 18.9 Å². The molecule has 0 radical (unpaired) electrons. The van der Waals surface area contributed by atoms with Crippen molar-refractivity contribution in [3.8, 4) is 0 Å². The zero-order valence-electron chi connectivity index (χ0n) is 10.3. The first kappa shape index (κ1) is 14.8. The van der Waals surface area contributed by atoms with Crippen LogP contribution in [0.1, 0.15) is 12.5 Å². The van der Waals surface area contributed by atoms with E-state index in [9.17, 15) is 21.6 Å². The minimum absolute atomic E-state index is 0.0353. The maximum absolute atomic E-state index is 11.6. The third-order valence-corrected chi connectivity index (χ3v) is 4.59. The van der Waals surface area contributed by atoms with Crippen molar-refractivity contribution in [3.63, 3.8) is 0 Å². The first-order chi connectivity index (χ1) is 8.01. The Morgan fingerprint density at radius 1 is 1.06 bits per heavy atom. The summed E-state index contributed by atoms with van der Waals surface area (Å²) in [6, 6.07) is 3.78. The van der Waals surface area contributed by atoms with Gasteiger partial charge in [-0.2, -0.15) is 0 Å². The molecule has 1 rings (SSSR count). The fourth-order valence-electron chi connectivity index (χ4n) is 1.52. The van der Waals surface area contributed by atoms with Gasteiger partial charge in [0.15, 0.2) is 19.7 Å². The van der Waals surface area contributed by atoms with Gasteiger partial charge in [0.1, 0.15) is 5.78 Å². The van der Waals surface area contributed by atoms with E-state index in [1.807, 2.05) is 0 Å². The molecular formula is C11H14O5S2. The second kappa shape index (κ2) is 4.81. The first-order valence-electron chi connectivity index (χ1n) is 5.04. The van der Waals surface area contributed by atoms with Gasteiger partial charge in [-0.25, -0.2) is 16.8 Å². The van der Waals surface area contributed by atoms with Crippen molar-refractivity contribution in [2.75, 3.05) is 12.5 Å². The Kier molecular flexibility index (Phi) is 3.97. The largest absolute Gasteiger partial charge is 0.300 e. The van der Waals surface area contributed by atoms with Gasteiger partial charge < -0.3 is 0 Å². The SMILES string of the molecule is CC(=O)Cc1ccc(S(C)(=O)=O)cc1S(C)(=O)=O. The predicted molar refractivity (Wildman–Crippen MR) is 67.0 cm³/mol. The van der Waals surface area contributed by atoms with E-state index in [1.54, 1.807) is 0 Å².